The van der Waals surface area contributed by atoms with Crippen LogP contribution in [0.4, 0.5) is 0 Å². The van der Waals surface area contributed by atoms with Gasteiger partial charge in [-0.3, -0.25) is 0 Å². The molecule has 2 aliphatic carbocycles. The summed E-state index contributed by atoms with van der Waals surface area (Å²) in [6.45, 7) is 4.12. The minimum atomic E-state index is -2.18. The monoisotopic (exact) mass is 354 g/mol. The van der Waals surface area contributed by atoms with Gasteiger partial charge >= 0.3 is 11.9 Å². The van der Waals surface area contributed by atoms with E-state index in [1.165, 1.54) is 13.2 Å². The van der Waals surface area contributed by atoms with Gasteiger partial charge < -0.3 is 29.5 Å². The molecule has 8 atom stereocenters. The van der Waals surface area contributed by atoms with Crippen molar-refractivity contribution in [2.45, 2.75) is 49.5 Å². The number of hydrogen-bond acceptors (Lipinski definition) is 7. The van der Waals surface area contributed by atoms with E-state index in [9.17, 15) is 19.8 Å². The minimum Gasteiger partial charge on any atom is -0.479 e. The van der Waals surface area contributed by atoms with Crippen molar-refractivity contribution in [2.24, 2.45) is 11.8 Å². The topological polar surface area (TPSA) is 129 Å². The quantitative estimate of drug-likeness (QED) is 0.348. The summed E-state index contributed by atoms with van der Waals surface area (Å²) in [7, 11) is 1.41. The summed E-state index contributed by atoms with van der Waals surface area (Å²) < 4.78 is 15.1. The molecule has 25 heavy (non-hydrogen) atoms. The van der Waals surface area contributed by atoms with E-state index in [-0.39, 0.29) is 24.1 Å². The highest BCUT2D eigenvalue weighted by molar-refractivity contribution is 5.85. The van der Waals surface area contributed by atoms with Gasteiger partial charge in [0.1, 0.15) is 24.4 Å². The van der Waals surface area contributed by atoms with E-state index in [1.807, 2.05) is 13.0 Å². The van der Waals surface area contributed by atoms with E-state index < -0.39 is 29.4 Å². The molecule has 0 aromatic heterocycles. The molecule has 0 aromatic carbocycles. The molecule has 0 radical (unpaired) electrons. The molecular weight excluding hydrogens is 332 g/mol. The van der Waals surface area contributed by atoms with Crippen LogP contribution in [0.25, 0.3) is 0 Å². The molecule has 4 rings (SSSR count). The Hall–Kier alpha value is -1.74. The second kappa shape index (κ2) is 5.91. The fourth-order valence-electron chi connectivity index (χ4n) is 3.40. The number of hydrogen-bond donors (Lipinski definition) is 3. The summed E-state index contributed by atoms with van der Waals surface area (Å²) in [6.07, 6.45) is 4.37. The predicted molar refractivity (Wildman–Crippen MR) is 83.5 cm³/mol. The van der Waals surface area contributed by atoms with Gasteiger partial charge in [-0.2, -0.15) is 0 Å². The van der Waals surface area contributed by atoms with E-state index in [4.69, 9.17) is 19.3 Å². The number of carbonyl (C=O) groups excluding carboxylic acids is 1. The van der Waals surface area contributed by atoms with Crippen molar-refractivity contribution in [1.29, 1.82) is 0 Å². The van der Waals surface area contributed by atoms with Crippen LogP contribution in [-0.4, -0.2) is 70.0 Å². The molecule has 138 valence electrons. The number of carboxylic acids is 1. The van der Waals surface area contributed by atoms with Crippen molar-refractivity contribution >= 4 is 11.9 Å². The average molecular weight is 354 g/mol. The van der Waals surface area contributed by atoms with Gasteiger partial charge in [0.15, 0.2) is 5.60 Å². The maximum Gasteiger partial charge on any atom is 0.342 e. The van der Waals surface area contributed by atoms with E-state index in [0.29, 0.717) is 5.92 Å². The van der Waals surface area contributed by atoms with E-state index in [0.717, 1.165) is 6.08 Å². The molecule has 8 nitrogen and oxygen atoms in total. The van der Waals surface area contributed by atoms with Crippen LogP contribution in [0.2, 0.25) is 0 Å². The second-order valence-electron chi connectivity index (χ2n) is 6.86. The van der Waals surface area contributed by atoms with Gasteiger partial charge in [-0.05, 0) is 12.0 Å². The molecular formula is C17H22O8. The highest BCUT2D eigenvalue weighted by Gasteiger charge is 2.67. The Morgan fingerprint density at radius 2 is 1.88 bits per heavy atom. The van der Waals surface area contributed by atoms with Crippen molar-refractivity contribution in [3.05, 3.63) is 24.3 Å². The van der Waals surface area contributed by atoms with Gasteiger partial charge in [-0.15, -0.1) is 0 Å². The Bertz CT molecular complexity index is 643. The number of carboxylic acid groups (broad SMARTS) is 1. The van der Waals surface area contributed by atoms with Gasteiger partial charge in [-0.1, -0.05) is 32.1 Å². The first kappa shape index (κ1) is 18.1. The number of methoxy groups -OCH3 is 1. The van der Waals surface area contributed by atoms with Crippen LogP contribution >= 0.6 is 0 Å². The number of aliphatic hydroxyl groups excluding tert-OH is 1. The lowest BCUT2D eigenvalue weighted by Gasteiger charge is -2.26. The number of aliphatic carboxylic acids is 1. The molecule has 0 saturated carbocycles. The predicted octanol–water partition coefficient (Wildman–Crippen LogP) is -0.361. The third kappa shape index (κ3) is 2.69. The smallest absolute Gasteiger partial charge is 0.342 e. The zero-order valence-electron chi connectivity index (χ0n) is 14.2. The Kier molecular flexibility index (Phi) is 4.27. The molecule has 2 saturated heterocycles. The van der Waals surface area contributed by atoms with E-state index in [2.05, 4.69) is 13.0 Å². The molecule has 3 N–H and O–H groups in total. The van der Waals surface area contributed by atoms with Gasteiger partial charge in [0.25, 0.3) is 0 Å². The summed E-state index contributed by atoms with van der Waals surface area (Å²) >= 11 is 0. The molecule has 0 amide bonds. The van der Waals surface area contributed by atoms with Crippen LogP contribution in [0.1, 0.15) is 13.8 Å². The number of ether oxygens (including phenoxy) is 3. The number of esters is 1. The summed E-state index contributed by atoms with van der Waals surface area (Å²) in [4.78, 5) is 22.0. The Balaban J connectivity index is 0.000000146. The Labute approximate surface area is 144 Å². The van der Waals surface area contributed by atoms with Crippen molar-refractivity contribution < 1.29 is 39.1 Å². The maximum absolute atomic E-state index is 11.5. The molecule has 0 bridgehead atoms. The number of aliphatic hydroxyl groups is 2. The Morgan fingerprint density at radius 1 is 1.20 bits per heavy atom. The molecule has 0 spiro atoms. The van der Waals surface area contributed by atoms with Gasteiger partial charge in [0.05, 0.1) is 7.11 Å². The largest absolute Gasteiger partial charge is 0.479 e. The summed E-state index contributed by atoms with van der Waals surface area (Å²) in [6, 6.07) is 0. The third-order valence-electron chi connectivity index (χ3n) is 5.45. The molecule has 2 aliphatic heterocycles. The first-order chi connectivity index (χ1) is 11.7. The Morgan fingerprint density at radius 3 is 2.48 bits per heavy atom. The fraction of sp³-hybridized carbons (Fsp3) is 0.647. The molecule has 2 fully saturated rings. The van der Waals surface area contributed by atoms with E-state index in [1.54, 1.807) is 0 Å². The lowest BCUT2D eigenvalue weighted by molar-refractivity contribution is -0.165. The standard InChI is InChI=1S/C10H14O3.C7H8O5/c1-6-4-5-8-10(13-8,7(6)2)9(11)12-3;8-5-4-3(12-4)1-2-7(5,11)6(9)10/h4-8H,1-3H3;1-5,8,11H,(H,9,10)/t6-,7-,8+,10-;3-,4-,5-,7+/m11/s1. The SMILES string of the molecule is COC(=O)[C@]12O[C@H]1C=C[C@@H](C)[C@H]2C.O=C(O)[C@]1(O)C=C[C@H]2O[C@H]2[C@H]1O. The second-order valence-corrected chi connectivity index (χ2v) is 6.86. The molecule has 0 unspecified atom stereocenters. The number of carbonyl (C=O) groups is 2. The number of rotatable bonds is 2. The van der Waals surface area contributed by atoms with Gasteiger partial charge in [-0.25, -0.2) is 9.59 Å². The minimum absolute atomic E-state index is 0.0499. The number of fused-ring (bicyclic) bond motifs is 2. The zero-order valence-corrected chi connectivity index (χ0v) is 14.2. The van der Waals surface area contributed by atoms with E-state index >= 15 is 0 Å². The summed E-state index contributed by atoms with van der Waals surface area (Å²) in [5.74, 6) is -1.12. The average Bonchev–Trinajstić information content (AvgIpc) is 3.48. The lowest BCUT2D eigenvalue weighted by atomic mass is 9.77. The highest BCUT2D eigenvalue weighted by Crippen LogP contribution is 2.50. The van der Waals surface area contributed by atoms with Crippen LogP contribution in [0.15, 0.2) is 24.3 Å². The number of epoxide rings is 2. The van der Waals surface area contributed by atoms with Crippen molar-refractivity contribution in [2.75, 3.05) is 7.11 Å². The maximum atomic E-state index is 11.5. The lowest BCUT2D eigenvalue weighted by Crippen LogP contribution is -2.52. The molecule has 8 heteroatoms. The fourth-order valence-corrected chi connectivity index (χ4v) is 3.40. The third-order valence-corrected chi connectivity index (χ3v) is 5.45. The molecule has 2 heterocycles. The van der Waals surface area contributed by atoms with Gasteiger partial charge in [0, 0.05) is 5.92 Å². The molecule has 4 aliphatic rings. The summed E-state index contributed by atoms with van der Waals surface area (Å²) in [5.41, 5.74) is -2.85. The van der Waals surface area contributed by atoms with Crippen LogP contribution in [0.3, 0.4) is 0 Å². The van der Waals surface area contributed by atoms with Crippen LogP contribution in [0, 0.1) is 11.8 Å². The van der Waals surface area contributed by atoms with Crippen LogP contribution in [0.5, 0.6) is 0 Å². The van der Waals surface area contributed by atoms with Crippen molar-refractivity contribution in [1.82, 2.24) is 0 Å². The van der Waals surface area contributed by atoms with Crippen molar-refractivity contribution in [3.63, 3.8) is 0 Å². The van der Waals surface area contributed by atoms with Crippen molar-refractivity contribution in [3.8, 4) is 0 Å². The van der Waals surface area contributed by atoms with Crippen LogP contribution < -0.4 is 0 Å². The zero-order chi connectivity index (χ0) is 18.6. The molecule has 0 aromatic rings. The van der Waals surface area contributed by atoms with Crippen LogP contribution in [-0.2, 0) is 23.8 Å². The number of allylic oxidation sites excluding steroid dienone is 1. The highest BCUT2D eigenvalue weighted by atomic mass is 16.7. The first-order valence-corrected chi connectivity index (χ1v) is 8.11. The normalized spacial score (nSPS) is 48.4. The van der Waals surface area contributed by atoms with Gasteiger partial charge in [0.2, 0.25) is 5.60 Å². The summed E-state index contributed by atoms with van der Waals surface area (Å²) in [5, 5.41) is 27.3. The first-order valence-electron chi connectivity index (χ1n) is 8.11.